The maximum atomic E-state index is 12.8. The van der Waals surface area contributed by atoms with Crippen molar-refractivity contribution in [3.63, 3.8) is 0 Å². The molecule has 0 saturated heterocycles. The van der Waals surface area contributed by atoms with Gasteiger partial charge in [-0.2, -0.15) is 23.7 Å². The molecule has 0 aliphatic rings. The summed E-state index contributed by atoms with van der Waals surface area (Å²) in [6, 6.07) is 11.5. The Balaban J connectivity index is 1.62. The summed E-state index contributed by atoms with van der Waals surface area (Å²) in [7, 11) is 1.54. The summed E-state index contributed by atoms with van der Waals surface area (Å²) >= 11 is 0. The molecule has 30 heavy (non-hydrogen) atoms. The van der Waals surface area contributed by atoms with Gasteiger partial charge in [0.15, 0.2) is 0 Å². The van der Waals surface area contributed by atoms with Gasteiger partial charge in [0.1, 0.15) is 17.8 Å². The highest BCUT2D eigenvalue weighted by molar-refractivity contribution is 5.70. The van der Waals surface area contributed by atoms with Crippen LogP contribution in [0.15, 0.2) is 66.0 Å². The SMILES string of the molecule is COc1cc(-n2ncn(Cc3cccc(OC(F)F)c3)c2=O)ccc1-c1cn[nH]c1. The summed E-state index contributed by atoms with van der Waals surface area (Å²) in [6.45, 7) is -2.76. The van der Waals surface area contributed by atoms with Gasteiger partial charge in [0.05, 0.1) is 25.5 Å². The molecule has 8 nitrogen and oxygen atoms in total. The molecular formula is C20H17F2N5O3. The molecule has 0 spiro atoms. The maximum absolute atomic E-state index is 12.8. The first-order chi connectivity index (χ1) is 14.5. The summed E-state index contributed by atoms with van der Waals surface area (Å²) < 4.78 is 37.3. The predicted molar refractivity (Wildman–Crippen MR) is 104 cm³/mol. The van der Waals surface area contributed by atoms with Crippen LogP contribution in [0.4, 0.5) is 8.78 Å². The summed E-state index contributed by atoms with van der Waals surface area (Å²) in [6.07, 6.45) is 4.80. The number of nitrogens with zero attached hydrogens (tertiary/aromatic N) is 4. The molecule has 1 N–H and O–H groups in total. The molecule has 2 aromatic carbocycles. The molecular weight excluding hydrogens is 396 g/mol. The number of hydrogen-bond donors (Lipinski definition) is 1. The normalized spacial score (nSPS) is 11.1. The third-order valence-electron chi connectivity index (χ3n) is 4.45. The quantitative estimate of drug-likeness (QED) is 0.503. The number of rotatable bonds is 7. The summed E-state index contributed by atoms with van der Waals surface area (Å²) in [5.74, 6) is 0.592. The number of halogens is 2. The molecule has 0 saturated carbocycles. The fourth-order valence-corrected chi connectivity index (χ4v) is 3.09. The van der Waals surface area contributed by atoms with Gasteiger partial charge in [0.25, 0.3) is 0 Å². The number of H-pyrrole nitrogens is 1. The lowest BCUT2D eigenvalue weighted by molar-refractivity contribution is -0.0498. The Morgan fingerprint density at radius 2 is 2.07 bits per heavy atom. The molecule has 0 radical (unpaired) electrons. The Hall–Kier alpha value is -3.95. The van der Waals surface area contributed by atoms with Crippen LogP contribution in [-0.2, 0) is 6.54 Å². The number of methoxy groups -OCH3 is 1. The van der Waals surface area contributed by atoms with Crippen molar-refractivity contribution in [3.05, 3.63) is 77.2 Å². The molecule has 0 fully saturated rings. The molecule has 10 heteroatoms. The number of benzene rings is 2. The second-order valence-corrected chi connectivity index (χ2v) is 6.35. The average Bonchev–Trinajstić information content (AvgIpc) is 3.38. The van der Waals surface area contributed by atoms with E-state index in [1.54, 1.807) is 43.8 Å². The first kappa shape index (κ1) is 19.4. The van der Waals surface area contributed by atoms with Crippen molar-refractivity contribution in [2.75, 3.05) is 7.11 Å². The minimum atomic E-state index is -2.91. The topological polar surface area (TPSA) is 87.0 Å². The highest BCUT2D eigenvalue weighted by Gasteiger charge is 2.13. The van der Waals surface area contributed by atoms with Crippen LogP contribution in [0.5, 0.6) is 11.5 Å². The number of aromatic amines is 1. The van der Waals surface area contributed by atoms with Crippen molar-refractivity contribution < 1.29 is 18.3 Å². The average molecular weight is 413 g/mol. The highest BCUT2D eigenvalue weighted by Crippen LogP contribution is 2.30. The van der Waals surface area contributed by atoms with Gasteiger partial charge >= 0.3 is 12.3 Å². The van der Waals surface area contributed by atoms with E-state index in [2.05, 4.69) is 20.0 Å². The van der Waals surface area contributed by atoms with Crippen LogP contribution in [0.3, 0.4) is 0 Å². The van der Waals surface area contributed by atoms with E-state index in [-0.39, 0.29) is 18.0 Å². The fourth-order valence-electron chi connectivity index (χ4n) is 3.09. The van der Waals surface area contributed by atoms with Gasteiger partial charge in [-0.15, -0.1) is 0 Å². The van der Waals surface area contributed by atoms with Gasteiger partial charge in [0.2, 0.25) is 0 Å². The minimum absolute atomic E-state index is 0.0301. The van der Waals surface area contributed by atoms with Crippen molar-refractivity contribution in [1.82, 2.24) is 24.5 Å². The van der Waals surface area contributed by atoms with Crippen LogP contribution >= 0.6 is 0 Å². The second kappa shape index (κ2) is 8.19. The largest absolute Gasteiger partial charge is 0.496 e. The van der Waals surface area contributed by atoms with E-state index in [4.69, 9.17) is 4.74 Å². The van der Waals surface area contributed by atoms with E-state index in [0.717, 1.165) is 11.1 Å². The monoisotopic (exact) mass is 413 g/mol. The number of aromatic nitrogens is 5. The Kier molecular flexibility index (Phi) is 5.29. The zero-order valence-electron chi connectivity index (χ0n) is 15.8. The van der Waals surface area contributed by atoms with Gasteiger partial charge in [-0.1, -0.05) is 12.1 Å². The molecule has 0 aliphatic carbocycles. The van der Waals surface area contributed by atoms with Crippen molar-refractivity contribution in [2.24, 2.45) is 0 Å². The lowest BCUT2D eigenvalue weighted by Crippen LogP contribution is -2.24. The molecule has 0 amide bonds. The van der Waals surface area contributed by atoms with Crippen LogP contribution in [0.1, 0.15) is 5.56 Å². The molecule has 0 unspecified atom stereocenters. The van der Waals surface area contributed by atoms with Gasteiger partial charge in [0, 0.05) is 23.4 Å². The standard InChI is InChI=1S/C20H17F2N5O3/c1-29-18-8-15(5-6-17(18)14-9-23-24-10-14)27-20(28)26(12-25-27)11-13-3-2-4-16(7-13)30-19(21)22/h2-10,12,19H,11H2,1H3,(H,23,24). The first-order valence-electron chi connectivity index (χ1n) is 8.91. The zero-order chi connectivity index (χ0) is 21.1. The van der Waals surface area contributed by atoms with E-state index in [9.17, 15) is 13.6 Å². The molecule has 154 valence electrons. The van der Waals surface area contributed by atoms with E-state index in [1.807, 2.05) is 6.07 Å². The highest BCUT2D eigenvalue weighted by atomic mass is 19.3. The third kappa shape index (κ3) is 3.93. The van der Waals surface area contributed by atoms with Crippen LogP contribution < -0.4 is 15.2 Å². The first-order valence-corrected chi connectivity index (χ1v) is 8.91. The molecule has 4 aromatic rings. The van der Waals surface area contributed by atoms with Crippen molar-refractivity contribution in [1.29, 1.82) is 0 Å². The lowest BCUT2D eigenvalue weighted by Gasteiger charge is -2.09. The van der Waals surface area contributed by atoms with Gasteiger partial charge < -0.3 is 9.47 Å². The van der Waals surface area contributed by atoms with Crippen molar-refractivity contribution in [2.45, 2.75) is 13.2 Å². The molecule has 4 rings (SSSR count). The van der Waals surface area contributed by atoms with Crippen LogP contribution in [0.25, 0.3) is 16.8 Å². The van der Waals surface area contributed by atoms with E-state index >= 15 is 0 Å². The predicted octanol–water partition coefficient (Wildman–Crippen LogP) is 3.08. The van der Waals surface area contributed by atoms with Gasteiger partial charge in [-0.05, 0) is 29.8 Å². The molecule has 2 heterocycles. The van der Waals surface area contributed by atoms with Crippen molar-refractivity contribution >= 4 is 0 Å². The van der Waals surface area contributed by atoms with Crippen LogP contribution in [0, 0.1) is 0 Å². The fraction of sp³-hybridized carbons (Fsp3) is 0.150. The number of nitrogens with one attached hydrogen (secondary N) is 1. The Labute approximate surface area is 169 Å². The summed E-state index contributed by atoms with van der Waals surface area (Å²) in [4.78, 5) is 12.8. The smallest absolute Gasteiger partial charge is 0.387 e. The molecule has 0 bridgehead atoms. The number of alkyl halides is 2. The Morgan fingerprint density at radius 1 is 1.20 bits per heavy atom. The zero-order valence-corrected chi connectivity index (χ0v) is 15.8. The van der Waals surface area contributed by atoms with Crippen LogP contribution in [0.2, 0.25) is 0 Å². The van der Waals surface area contributed by atoms with Gasteiger partial charge in [-0.25, -0.2) is 4.79 Å². The summed E-state index contributed by atoms with van der Waals surface area (Å²) in [5, 5.41) is 10.8. The number of hydrogen-bond acceptors (Lipinski definition) is 5. The molecule has 0 aliphatic heterocycles. The van der Waals surface area contributed by atoms with E-state index in [0.29, 0.717) is 17.0 Å². The lowest BCUT2D eigenvalue weighted by atomic mass is 10.1. The summed E-state index contributed by atoms with van der Waals surface area (Å²) in [5.41, 5.74) is 2.44. The Bertz CT molecular complexity index is 1200. The second-order valence-electron chi connectivity index (χ2n) is 6.35. The third-order valence-corrected chi connectivity index (χ3v) is 4.45. The van der Waals surface area contributed by atoms with E-state index < -0.39 is 6.61 Å². The van der Waals surface area contributed by atoms with Gasteiger partial charge in [-0.3, -0.25) is 9.67 Å². The Morgan fingerprint density at radius 3 is 2.80 bits per heavy atom. The van der Waals surface area contributed by atoms with Crippen LogP contribution in [-0.4, -0.2) is 38.3 Å². The molecule has 2 aromatic heterocycles. The van der Waals surface area contributed by atoms with E-state index in [1.165, 1.54) is 27.7 Å². The minimum Gasteiger partial charge on any atom is -0.496 e. The van der Waals surface area contributed by atoms with Crippen molar-refractivity contribution in [3.8, 4) is 28.3 Å². The molecule has 0 atom stereocenters. The number of ether oxygens (including phenoxy) is 2. The maximum Gasteiger partial charge on any atom is 0.387 e.